The maximum absolute atomic E-state index is 12.5. The second kappa shape index (κ2) is 10.4. The molecule has 1 saturated heterocycles. The van der Waals surface area contributed by atoms with E-state index in [2.05, 4.69) is 42.2 Å². The molecule has 32 heavy (non-hydrogen) atoms. The van der Waals surface area contributed by atoms with Crippen LogP contribution in [0.1, 0.15) is 11.1 Å². The molecule has 0 aliphatic carbocycles. The lowest BCUT2D eigenvalue weighted by Gasteiger charge is -2.10. The van der Waals surface area contributed by atoms with Crippen LogP contribution in [0.2, 0.25) is 0 Å². The highest BCUT2D eigenvalue weighted by Gasteiger charge is 2.24. The Bertz CT molecular complexity index is 1190. The number of hydrogen-bond acceptors (Lipinski definition) is 5. The Balaban J connectivity index is 1.53. The van der Waals surface area contributed by atoms with Crippen LogP contribution in [-0.2, 0) is 11.4 Å². The Hall–Kier alpha value is -2.55. The van der Waals surface area contributed by atoms with Crippen molar-refractivity contribution >= 4 is 66.5 Å². The fourth-order valence-corrected chi connectivity index (χ4v) is 4.38. The fourth-order valence-electron chi connectivity index (χ4n) is 2.90. The van der Waals surface area contributed by atoms with E-state index in [1.54, 1.807) is 7.11 Å². The maximum atomic E-state index is 12.5. The number of amides is 1. The first-order valence-corrected chi connectivity index (χ1v) is 12.0. The SMILES string of the molecule is COc1ccc(N=C2NC(=O)/C(=C\c3cc(Br)ccc3OCc3ccc(Br)cc3)S2)cc1. The van der Waals surface area contributed by atoms with Crippen LogP contribution >= 0.6 is 43.6 Å². The van der Waals surface area contributed by atoms with E-state index in [0.29, 0.717) is 22.4 Å². The van der Waals surface area contributed by atoms with Gasteiger partial charge in [0, 0.05) is 14.5 Å². The van der Waals surface area contributed by atoms with E-state index in [-0.39, 0.29) is 5.91 Å². The third-order valence-electron chi connectivity index (χ3n) is 4.52. The third-order valence-corrected chi connectivity index (χ3v) is 6.45. The van der Waals surface area contributed by atoms with E-state index in [9.17, 15) is 4.79 Å². The van der Waals surface area contributed by atoms with Gasteiger partial charge in [0.05, 0.1) is 17.7 Å². The number of benzene rings is 3. The van der Waals surface area contributed by atoms with Crippen molar-refractivity contribution in [1.82, 2.24) is 5.32 Å². The summed E-state index contributed by atoms with van der Waals surface area (Å²) >= 11 is 8.23. The molecule has 1 aliphatic rings. The number of aliphatic imine (C=N–C) groups is 1. The highest BCUT2D eigenvalue weighted by Crippen LogP contribution is 2.32. The van der Waals surface area contributed by atoms with Crippen LogP contribution in [0.4, 0.5) is 5.69 Å². The summed E-state index contributed by atoms with van der Waals surface area (Å²) < 4.78 is 13.1. The number of nitrogens with one attached hydrogen (secondary N) is 1. The van der Waals surface area contributed by atoms with E-state index >= 15 is 0 Å². The van der Waals surface area contributed by atoms with E-state index in [1.807, 2.05) is 72.8 Å². The van der Waals surface area contributed by atoms with Crippen LogP contribution in [0.3, 0.4) is 0 Å². The zero-order valence-electron chi connectivity index (χ0n) is 17.0. The Morgan fingerprint density at radius 1 is 1.00 bits per heavy atom. The Labute approximate surface area is 207 Å². The van der Waals surface area contributed by atoms with Gasteiger partial charge in [-0.2, -0.15) is 0 Å². The van der Waals surface area contributed by atoms with Gasteiger partial charge in [-0.3, -0.25) is 4.79 Å². The monoisotopic (exact) mass is 572 g/mol. The first-order valence-electron chi connectivity index (χ1n) is 9.60. The number of ether oxygens (including phenoxy) is 2. The van der Waals surface area contributed by atoms with Gasteiger partial charge in [0.25, 0.3) is 5.91 Å². The van der Waals surface area contributed by atoms with Gasteiger partial charge in [0.1, 0.15) is 18.1 Å². The summed E-state index contributed by atoms with van der Waals surface area (Å²) in [5.41, 5.74) is 2.59. The number of carbonyl (C=O) groups is 1. The van der Waals surface area contributed by atoms with Crippen molar-refractivity contribution in [1.29, 1.82) is 0 Å². The number of amidine groups is 1. The molecular formula is C24H18Br2N2O3S. The number of methoxy groups -OCH3 is 1. The summed E-state index contributed by atoms with van der Waals surface area (Å²) in [6, 6.07) is 21.0. The van der Waals surface area contributed by atoms with Crippen LogP contribution in [0.15, 0.2) is 85.6 Å². The third kappa shape index (κ3) is 5.82. The van der Waals surface area contributed by atoms with Gasteiger partial charge in [0.2, 0.25) is 0 Å². The van der Waals surface area contributed by atoms with Crippen molar-refractivity contribution in [3.05, 3.63) is 91.7 Å². The molecule has 3 aromatic rings. The van der Waals surface area contributed by atoms with Gasteiger partial charge < -0.3 is 14.8 Å². The summed E-state index contributed by atoms with van der Waals surface area (Å²) in [7, 11) is 1.61. The molecule has 0 saturated carbocycles. The number of hydrogen-bond donors (Lipinski definition) is 1. The van der Waals surface area contributed by atoms with Crippen molar-refractivity contribution in [2.75, 3.05) is 7.11 Å². The summed E-state index contributed by atoms with van der Waals surface area (Å²) in [4.78, 5) is 17.6. The second-order valence-corrected chi connectivity index (χ2v) is 9.64. The first kappa shape index (κ1) is 22.6. The van der Waals surface area contributed by atoms with Crippen LogP contribution in [-0.4, -0.2) is 18.2 Å². The van der Waals surface area contributed by atoms with Gasteiger partial charge in [-0.1, -0.05) is 44.0 Å². The molecule has 1 amide bonds. The van der Waals surface area contributed by atoms with Crippen molar-refractivity contribution in [2.24, 2.45) is 4.99 Å². The lowest BCUT2D eigenvalue weighted by Crippen LogP contribution is -2.19. The van der Waals surface area contributed by atoms with Crippen LogP contribution < -0.4 is 14.8 Å². The standard InChI is InChI=1S/C24H18Br2N2O3S/c1-30-20-9-7-19(8-10-20)27-24-28-23(29)22(32-24)13-16-12-18(26)6-11-21(16)31-14-15-2-4-17(25)5-3-15/h2-13H,14H2,1H3,(H,27,28,29)/b22-13+. The predicted molar refractivity (Wildman–Crippen MR) is 136 cm³/mol. The van der Waals surface area contributed by atoms with E-state index in [1.165, 1.54) is 11.8 Å². The molecule has 0 aromatic heterocycles. The highest BCUT2D eigenvalue weighted by atomic mass is 79.9. The number of rotatable bonds is 6. The van der Waals surface area contributed by atoms with E-state index < -0.39 is 0 Å². The molecule has 1 N–H and O–H groups in total. The molecule has 4 rings (SSSR count). The number of carbonyl (C=O) groups excluding carboxylic acids is 1. The summed E-state index contributed by atoms with van der Waals surface area (Å²) in [6.45, 7) is 0.425. The largest absolute Gasteiger partial charge is 0.497 e. The topological polar surface area (TPSA) is 59.9 Å². The van der Waals surface area contributed by atoms with Gasteiger partial charge >= 0.3 is 0 Å². The minimum atomic E-state index is -0.193. The fraction of sp³-hybridized carbons (Fsp3) is 0.0833. The maximum Gasteiger partial charge on any atom is 0.264 e. The van der Waals surface area contributed by atoms with E-state index in [0.717, 1.165) is 31.5 Å². The summed E-state index contributed by atoms with van der Waals surface area (Å²) in [6.07, 6.45) is 1.82. The van der Waals surface area contributed by atoms with Crippen LogP contribution in [0.5, 0.6) is 11.5 Å². The number of nitrogens with zero attached hydrogens (tertiary/aromatic N) is 1. The Morgan fingerprint density at radius 3 is 2.44 bits per heavy atom. The van der Waals surface area contributed by atoms with Crippen molar-refractivity contribution in [3.8, 4) is 11.5 Å². The summed E-state index contributed by atoms with van der Waals surface area (Å²) in [5.74, 6) is 1.25. The van der Waals surface area contributed by atoms with Crippen molar-refractivity contribution < 1.29 is 14.3 Å². The molecule has 5 nitrogen and oxygen atoms in total. The molecular weight excluding hydrogens is 556 g/mol. The molecule has 162 valence electrons. The first-order chi connectivity index (χ1) is 15.5. The smallest absolute Gasteiger partial charge is 0.264 e. The molecule has 0 bridgehead atoms. The molecule has 1 heterocycles. The molecule has 0 atom stereocenters. The van der Waals surface area contributed by atoms with Crippen LogP contribution in [0.25, 0.3) is 6.08 Å². The van der Waals surface area contributed by atoms with Crippen LogP contribution in [0, 0.1) is 0 Å². The lowest BCUT2D eigenvalue weighted by molar-refractivity contribution is -0.115. The highest BCUT2D eigenvalue weighted by molar-refractivity contribution is 9.10. The number of thioether (sulfide) groups is 1. The molecule has 8 heteroatoms. The molecule has 3 aromatic carbocycles. The van der Waals surface area contributed by atoms with E-state index in [4.69, 9.17) is 9.47 Å². The van der Waals surface area contributed by atoms with Gasteiger partial charge in [-0.05, 0) is 78.0 Å². The Morgan fingerprint density at radius 2 is 1.72 bits per heavy atom. The minimum absolute atomic E-state index is 0.193. The van der Waals surface area contributed by atoms with Gasteiger partial charge in [-0.25, -0.2) is 4.99 Å². The molecule has 1 aliphatic heterocycles. The summed E-state index contributed by atoms with van der Waals surface area (Å²) in [5, 5.41) is 3.34. The molecule has 1 fully saturated rings. The predicted octanol–water partition coefficient (Wildman–Crippen LogP) is 6.69. The average Bonchev–Trinajstić information content (AvgIpc) is 3.13. The zero-order valence-corrected chi connectivity index (χ0v) is 21.0. The minimum Gasteiger partial charge on any atom is -0.497 e. The molecule has 0 unspecified atom stereocenters. The van der Waals surface area contributed by atoms with Crippen molar-refractivity contribution in [2.45, 2.75) is 6.61 Å². The van der Waals surface area contributed by atoms with Crippen molar-refractivity contribution in [3.63, 3.8) is 0 Å². The lowest BCUT2D eigenvalue weighted by atomic mass is 10.2. The average molecular weight is 574 g/mol. The number of halogens is 2. The quantitative estimate of drug-likeness (QED) is 0.334. The van der Waals surface area contributed by atoms with Gasteiger partial charge in [0.15, 0.2) is 5.17 Å². The normalized spacial score (nSPS) is 15.8. The second-order valence-electron chi connectivity index (χ2n) is 6.78. The molecule has 0 radical (unpaired) electrons. The zero-order chi connectivity index (χ0) is 22.5. The van der Waals surface area contributed by atoms with Gasteiger partial charge in [-0.15, -0.1) is 0 Å². The Kier molecular flexibility index (Phi) is 7.34. The molecule has 0 spiro atoms.